The van der Waals surface area contributed by atoms with Crippen molar-refractivity contribution < 1.29 is 23.8 Å². The summed E-state index contributed by atoms with van der Waals surface area (Å²) in [7, 11) is 0. The molecule has 3 rings (SSSR count). The maximum Gasteiger partial charge on any atom is 0.412 e. The van der Waals surface area contributed by atoms with E-state index in [-0.39, 0.29) is 11.8 Å². The number of amides is 2. The lowest BCUT2D eigenvalue weighted by molar-refractivity contribution is -0.111. The number of hydrogen-bond donors (Lipinski definition) is 4. The van der Waals surface area contributed by atoms with Gasteiger partial charge in [-0.25, -0.2) is 9.18 Å². The van der Waals surface area contributed by atoms with E-state index in [4.69, 9.17) is 10.5 Å². The Morgan fingerprint density at radius 2 is 1.81 bits per heavy atom. The monoisotopic (exact) mass is 491 g/mol. The number of carbonyl (C=O) groups is 2. The van der Waals surface area contributed by atoms with Crippen molar-refractivity contribution in [3.05, 3.63) is 95.8 Å². The molecule has 0 radical (unpaired) electrons. The summed E-state index contributed by atoms with van der Waals surface area (Å²) in [6.07, 6.45) is 2.73. The van der Waals surface area contributed by atoms with Crippen molar-refractivity contribution in [2.24, 2.45) is 5.92 Å². The molecule has 0 aromatic heterocycles. The Morgan fingerprint density at radius 3 is 2.50 bits per heavy atom. The van der Waals surface area contributed by atoms with Gasteiger partial charge < -0.3 is 20.9 Å². The molecular weight excluding hydrogens is 461 g/mol. The third-order valence-electron chi connectivity index (χ3n) is 5.63. The number of benzene rings is 3. The maximum absolute atomic E-state index is 14.1. The zero-order chi connectivity index (χ0) is 26.1. The average Bonchev–Trinajstić information content (AvgIpc) is 2.85. The van der Waals surface area contributed by atoms with Crippen molar-refractivity contribution in [3.63, 3.8) is 0 Å². The van der Waals surface area contributed by atoms with E-state index < -0.39 is 23.8 Å². The predicted molar refractivity (Wildman–Crippen MR) is 139 cm³/mol. The van der Waals surface area contributed by atoms with Crippen LogP contribution in [0.5, 0.6) is 5.75 Å². The summed E-state index contributed by atoms with van der Waals surface area (Å²) in [5.74, 6) is -1.83. The Hall–Kier alpha value is -4.33. The van der Waals surface area contributed by atoms with Crippen LogP contribution in [-0.2, 0) is 9.53 Å². The summed E-state index contributed by atoms with van der Waals surface area (Å²) < 4.78 is 19.7. The zero-order valence-electron chi connectivity index (χ0n) is 20.2. The fraction of sp³-hybridized carbons (Fsp3) is 0.214. The first kappa shape index (κ1) is 26.3. The fourth-order valence-electron chi connectivity index (χ4n) is 3.60. The molecule has 2 amide bonds. The number of carbonyl (C=O) groups excluding carboxylic acids is 2. The fourth-order valence-corrected chi connectivity index (χ4v) is 3.60. The van der Waals surface area contributed by atoms with Gasteiger partial charge in [0.05, 0.1) is 11.4 Å². The first-order chi connectivity index (χ1) is 17.2. The summed E-state index contributed by atoms with van der Waals surface area (Å²) in [5.41, 5.74) is 8.88. The smallest absolute Gasteiger partial charge is 0.412 e. The number of aromatic hydroxyl groups is 1. The standard InChI is InChI=1S/C28H30FN3O4/c1-18-11-14-21(15-12-18)31-28(35)36-27(20-13-16-25(33)22(29)17-20)19(2)7-3-6-10-26(34)32-24-9-5-4-8-23(24)30/h4-6,8-17,19,27,33H,3,7,30H2,1-2H3,(H,31,35)(H,32,34)/b10-6+/t19-,27+/m1/s1. The SMILES string of the molecule is Cc1ccc(NC(=O)O[C@H](c2ccc(O)c(F)c2)[C@H](C)CC/C=C/C(=O)Nc2ccccc2N)cc1. The molecule has 3 aromatic rings. The van der Waals surface area contributed by atoms with Gasteiger partial charge in [0.1, 0.15) is 6.10 Å². The van der Waals surface area contributed by atoms with Crippen molar-refractivity contribution in [1.29, 1.82) is 0 Å². The number of phenols is 1. The van der Waals surface area contributed by atoms with Gasteiger partial charge in [-0.15, -0.1) is 0 Å². The van der Waals surface area contributed by atoms with Crippen LogP contribution >= 0.6 is 0 Å². The van der Waals surface area contributed by atoms with Crippen LogP contribution in [0.15, 0.2) is 78.9 Å². The third kappa shape index (κ3) is 7.59. The van der Waals surface area contributed by atoms with Crippen LogP contribution in [0.25, 0.3) is 0 Å². The van der Waals surface area contributed by atoms with E-state index in [9.17, 15) is 19.1 Å². The second-order valence-electron chi connectivity index (χ2n) is 8.56. The predicted octanol–water partition coefficient (Wildman–Crippen LogP) is 6.32. The number of allylic oxidation sites excluding steroid dienone is 1. The average molecular weight is 492 g/mol. The number of aryl methyl sites for hydroxylation is 1. The number of nitrogen functional groups attached to an aromatic ring is 1. The lowest BCUT2D eigenvalue weighted by atomic mass is 9.93. The molecule has 36 heavy (non-hydrogen) atoms. The number of phenolic OH excluding ortho intramolecular Hbond substituents is 1. The van der Waals surface area contributed by atoms with Crippen molar-refractivity contribution in [2.45, 2.75) is 32.8 Å². The summed E-state index contributed by atoms with van der Waals surface area (Å²) in [6.45, 7) is 3.81. The van der Waals surface area contributed by atoms with Gasteiger partial charge in [0.2, 0.25) is 5.91 Å². The second kappa shape index (κ2) is 12.4. The largest absolute Gasteiger partial charge is 0.505 e. The van der Waals surface area contributed by atoms with E-state index >= 15 is 0 Å². The minimum Gasteiger partial charge on any atom is -0.505 e. The Labute approximate surface area is 209 Å². The van der Waals surface area contributed by atoms with Crippen LogP contribution in [0.1, 0.15) is 37.0 Å². The summed E-state index contributed by atoms with van der Waals surface area (Å²) >= 11 is 0. The van der Waals surface area contributed by atoms with Gasteiger partial charge in [-0.3, -0.25) is 10.1 Å². The number of hydrogen-bond acceptors (Lipinski definition) is 5. The number of nitrogens with one attached hydrogen (secondary N) is 2. The minimum absolute atomic E-state index is 0.227. The molecule has 0 saturated heterocycles. The third-order valence-corrected chi connectivity index (χ3v) is 5.63. The molecule has 0 heterocycles. The summed E-state index contributed by atoms with van der Waals surface area (Å²) in [4.78, 5) is 24.8. The van der Waals surface area contributed by atoms with Crippen LogP contribution in [-0.4, -0.2) is 17.1 Å². The number of halogens is 1. The van der Waals surface area contributed by atoms with Crippen LogP contribution in [0.3, 0.4) is 0 Å². The number of anilines is 3. The highest BCUT2D eigenvalue weighted by atomic mass is 19.1. The number of rotatable bonds is 9. The summed E-state index contributed by atoms with van der Waals surface area (Å²) in [6, 6.07) is 18.1. The van der Waals surface area contributed by atoms with Crippen LogP contribution in [0, 0.1) is 18.7 Å². The Morgan fingerprint density at radius 1 is 1.08 bits per heavy atom. The molecule has 5 N–H and O–H groups in total. The molecule has 8 heteroatoms. The molecule has 0 spiro atoms. The highest BCUT2D eigenvalue weighted by Gasteiger charge is 2.24. The van der Waals surface area contributed by atoms with E-state index in [2.05, 4.69) is 10.6 Å². The first-order valence-electron chi connectivity index (χ1n) is 11.6. The second-order valence-corrected chi connectivity index (χ2v) is 8.56. The zero-order valence-corrected chi connectivity index (χ0v) is 20.2. The Bertz CT molecular complexity index is 1230. The Balaban J connectivity index is 1.63. The van der Waals surface area contributed by atoms with Crippen molar-refractivity contribution in [3.8, 4) is 5.75 Å². The van der Waals surface area contributed by atoms with E-state index in [1.165, 1.54) is 18.2 Å². The molecular formula is C28H30FN3O4. The van der Waals surface area contributed by atoms with E-state index in [1.54, 1.807) is 42.5 Å². The lowest BCUT2D eigenvalue weighted by Crippen LogP contribution is -2.22. The molecule has 0 unspecified atom stereocenters. The van der Waals surface area contributed by atoms with Gasteiger partial charge in [-0.1, -0.05) is 48.9 Å². The highest BCUT2D eigenvalue weighted by molar-refractivity contribution is 6.01. The van der Waals surface area contributed by atoms with Crippen LogP contribution in [0.2, 0.25) is 0 Å². The molecule has 2 atom stereocenters. The Kier molecular flexibility index (Phi) is 9.05. The van der Waals surface area contributed by atoms with Crippen molar-refractivity contribution >= 4 is 29.1 Å². The maximum atomic E-state index is 14.1. The summed E-state index contributed by atoms with van der Waals surface area (Å²) in [5, 5.41) is 15.0. The molecule has 0 fully saturated rings. The highest BCUT2D eigenvalue weighted by Crippen LogP contribution is 2.32. The topological polar surface area (TPSA) is 114 Å². The molecule has 0 aliphatic heterocycles. The minimum atomic E-state index is -0.802. The molecule has 188 valence electrons. The van der Waals surface area contributed by atoms with Crippen molar-refractivity contribution in [1.82, 2.24) is 0 Å². The van der Waals surface area contributed by atoms with Gasteiger partial charge in [0.25, 0.3) is 0 Å². The molecule has 0 bridgehead atoms. The van der Waals surface area contributed by atoms with E-state index in [1.807, 2.05) is 26.0 Å². The van der Waals surface area contributed by atoms with Gasteiger partial charge >= 0.3 is 6.09 Å². The normalized spacial score (nSPS) is 12.6. The van der Waals surface area contributed by atoms with Gasteiger partial charge in [-0.05, 0) is 73.7 Å². The number of ether oxygens (including phenoxy) is 1. The molecule has 0 aliphatic rings. The van der Waals surface area contributed by atoms with Crippen LogP contribution < -0.4 is 16.4 Å². The van der Waals surface area contributed by atoms with Gasteiger partial charge in [0.15, 0.2) is 11.6 Å². The van der Waals surface area contributed by atoms with Crippen molar-refractivity contribution in [2.75, 3.05) is 16.4 Å². The quantitative estimate of drug-likeness (QED) is 0.207. The van der Waals surface area contributed by atoms with Gasteiger partial charge in [0, 0.05) is 5.69 Å². The molecule has 3 aromatic carbocycles. The van der Waals surface area contributed by atoms with Crippen LogP contribution in [0.4, 0.5) is 26.2 Å². The molecule has 7 nitrogen and oxygen atoms in total. The molecule has 0 aliphatic carbocycles. The van der Waals surface area contributed by atoms with Gasteiger partial charge in [-0.2, -0.15) is 0 Å². The molecule has 0 saturated carbocycles. The number of nitrogens with two attached hydrogens (primary N) is 1. The number of para-hydroxylation sites is 2. The van der Waals surface area contributed by atoms with E-state index in [0.717, 1.165) is 11.6 Å². The van der Waals surface area contributed by atoms with E-state index in [0.29, 0.717) is 35.5 Å². The first-order valence-corrected chi connectivity index (χ1v) is 11.6. The lowest BCUT2D eigenvalue weighted by Gasteiger charge is -2.25.